The Morgan fingerprint density at radius 2 is 1.88 bits per heavy atom. The quantitative estimate of drug-likeness (QED) is 0.370. The lowest BCUT2D eigenvalue weighted by Crippen LogP contribution is -2.51. The molecule has 43 heavy (non-hydrogen) atoms. The van der Waals surface area contributed by atoms with E-state index in [1.54, 1.807) is 11.1 Å². The van der Waals surface area contributed by atoms with Crippen molar-refractivity contribution in [2.75, 3.05) is 51.2 Å². The number of likely N-dealkylation sites (tertiary alicyclic amines) is 1. The molecule has 2 aliphatic heterocycles. The molecule has 1 unspecified atom stereocenters. The van der Waals surface area contributed by atoms with E-state index in [4.69, 9.17) is 9.72 Å². The minimum atomic E-state index is -0.611. The first-order chi connectivity index (χ1) is 20.6. The fourth-order valence-corrected chi connectivity index (χ4v) is 7.14. The Labute approximate surface area is 254 Å². The van der Waals surface area contributed by atoms with E-state index in [0.717, 1.165) is 62.1 Å². The minimum Gasteiger partial charge on any atom is -0.444 e. The molecule has 12 heteroatoms. The molecule has 228 valence electrons. The van der Waals surface area contributed by atoms with E-state index in [1.807, 2.05) is 49.4 Å². The Balaban J connectivity index is 1.37. The summed E-state index contributed by atoms with van der Waals surface area (Å²) < 4.78 is 8.50. The maximum Gasteiger partial charge on any atom is 0.410 e. The van der Waals surface area contributed by atoms with Gasteiger partial charge in [-0.05, 0) is 72.2 Å². The summed E-state index contributed by atoms with van der Waals surface area (Å²) in [6.45, 7) is 9.87. The van der Waals surface area contributed by atoms with Crippen LogP contribution in [0.15, 0.2) is 35.3 Å². The molecule has 2 aliphatic rings. The summed E-state index contributed by atoms with van der Waals surface area (Å²) in [7, 11) is 2.11. The van der Waals surface area contributed by atoms with Gasteiger partial charge in [0.05, 0.1) is 21.6 Å². The first-order valence-electron chi connectivity index (χ1n) is 15.0. The lowest BCUT2D eigenvalue weighted by Gasteiger charge is -2.36. The number of ether oxygens (including phenoxy) is 1. The van der Waals surface area contributed by atoms with E-state index < -0.39 is 16.9 Å². The van der Waals surface area contributed by atoms with Crippen LogP contribution in [0.5, 0.6) is 0 Å². The molecule has 0 saturated carbocycles. The third-order valence-corrected chi connectivity index (χ3v) is 9.30. The second kappa shape index (κ2) is 11.7. The van der Waals surface area contributed by atoms with Gasteiger partial charge in [0.2, 0.25) is 11.4 Å². The van der Waals surface area contributed by atoms with Crippen molar-refractivity contribution in [3.63, 3.8) is 0 Å². The number of piperidine rings is 1. The Hall–Kier alpha value is -3.77. The van der Waals surface area contributed by atoms with E-state index >= 15 is 0 Å². The zero-order valence-corrected chi connectivity index (χ0v) is 26.1. The van der Waals surface area contributed by atoms with Gasteiger partial charge in [-0.15, -0.1) is 11.3 Å². The highest BCUT2D eigenvalue weighted by molar-refractivity contribution is 7.24. The van der Waals surface area contributed by atoms with Gasteiger partial charge < -0.3 is 24.8 Å². The average Bonchev–Trinajstić information content (AvgIpc) is 3.22. The molecule has 0 bridgehead atoms. The number of para-hydroxylation sites is 1. The van der Waals surface area contributed by atoms with Crippen LogP contribution in [0.1, 0.15) is 56.8 Å². The second-order valence-corrected chi connectivity index (χ2v) is 13.5. The molecule has 2 saturated heterocycles. The van der Waals surface area contributed by atoms with Crippen LogP contribution in [-0.4, -0.2) is 94.1 Å². The van der Waals surface area contributed by atoms with Crippen molar-refractivity contribution >= 4 is 55.4 Å². The molecule has 3 aromatic heterocycles. The number of pyridine rings is 1. The highest BCUT2D eigenvalue weighted by Gasteiger charge is 2.32. The van der Waals surface area contributed by atoms with E-state index in [0.29, 0.717) is 28.4 Å². The van der Waals surface area contributed by atoms with Crippen LogP contribution in [0, 0.1) is 0 Å². The molecule has 1 aromatic carbocycles. The van der Waals surface area contributed by atoms with Crippen LogP contribution in [0.25, 0.3) is 26.1 Å². The molecule has 1 N–H and O–H groups in total. The van der Waals surface area contributed by atoms with Gasteiger partial charge in [-0.3, -0.25) is 14.0 Å². The Morgan fingerprint density at radius 1 is 1.07 bits per heavy atom. The lowest BCUT2D eigenvalue weighted by molar-refractivity contribution is 0.00986. The van der Waals surface area contributed by atoms with E-state index in [-0.39, 0.29) is 24.2 Å². The average molecular weight is 606 g/mol. The Kier molecular flexibility index (Phi) is 7.99. The van der Waals surface area contributed by atoms with Crippen molar-refractivity contribution in [2.45, 2.75) is 58.1 Å². The first-order valence-corrected chi connectivity index (χ1v) is 15.9. The van der Waals surface area contributed by atoms with Gasteiger partial charge in [0.25, 0.3) is 5.91 Å². The van der Waals surface area contributed by atoms with E-state index in [2.05, 4.69) is 27.1 Å². The van der Waals surface area contributed by atoms with Gasteiger partial charge in [0.1, 0.15) is 16.0 Å². The van der Waals surface area contributed by atoms with Crippen molar-refractivity contribution in [3.05, 3.63) is 46.2 Å². The maximum absolute atomic E-state index is 14.0. The second-order valence-electron chi connectivity index (χ2n) is 12.5. The molecule has 2 fully saturated rings. The summed E-state index contributed by atoms with van der Waals surface area (Å²) in [6.07, 6.45) is 4.76. The molecule has 1 atom stereocenters. The zero-order chi connectivity index (χ0) is 30.3. The fraction of sp³-hybridized carbons (Fsp3) is 0.516. The van der Waals surface area contributed by atoms with Gasteiger partial charge >= 0.3 is 6.09 Å². The molecule has 11 nitrogen and oxygen atoms in total. The highest BCUT2D eigenvalue weighted by Crippen LogP contribution is 2.31. The van der Waals surface area contributed by atoms with Crippen molar-refractivity contribution in [1.29, 1.82) is 0 Å². The number of hydrogen-bond donors (Lipinski definition) is 1. The number of benzene rings is 1. The monoisotopic (exact) mass is 605 g/mol. The summed E-state index contributed by atoms with van der Waals surface area (Å²) in [5.41, 5.74) is 0.445. The lowest BCUT2D eigenvalue weighted by atomic mass is 10.0. The number of nitrogens with zero attached hydrogens (tertiary/aromatic N) is 6. The maximum atomic E-state index is 14.0. The van der Waals surface area contributed by atoms with Crippen LogP contribution in [-0.2, 0) is 4.74 Å². The summed E-state index contributed by atoms with van der Waals surface area (Å²) in [5, 5.41) is 3.28. The van der Waals surface area contributed by atoms with Gasteiger partial charge in [-0.2, -0.15) is 4.98 Å². The van der Waals surface area contributed by atoms with Gasteiger partial charge in [0.15, 0.2) is 5.65 Å². The first kappa shape index (κ1) is 29.3. The number of fused-ring (bicyclic) bond motifs is 5. The highest BCUT2D eigenvalue weighted by atomic mass is 32.1. The van der Waals surface area contributed by atoms with Gasteiger partial charge in [0, 0.05) is 38.9 Å². The molecular weight excluding hydrogens is 566 g/mol. The number of aromatic nitrogens is 3. The number of anilines is 1. The van der Waals surface area contributed by atoms with Crippen LogP contribution in [0.4, 0.5) is 10.7 Å². The molecule has 0 radical (unpaired) electrons. The van der Waals surface area contributed by atoms with Crippen molar-refractivity contribution in [1.82, 2.24) is 29.5 Å². The molecule has 5 heterocycles. The molecule has 6 rings (SSSR count). The third-order valence-electron chi connectivity index (χ3n) is 8.15. The van der Waals surface area contributed by atoms with Crippen LogP contribution < -0.4 is 15.6 Å². The number of carbonyl (C=O) groups is 2. The normalized spacial score (nSPS) is 18.7. The predicted molar refractivity (Wildman–Crippen MR) is 169 cm³/mol. The predicted octanol–water partition coefficient (Wildman–Crippen LogP) is 4.12. The number of amides is 2. The Morgan fingerprint density at radius 3 is 2.70 bits per heavy atom. The van der Waals surface area contributed by atoms with Crippen molar-refractivity contribution in [3.8, 4) is 0 Å². The van der Waals surface area contributed by atoms with E-state index in [1.165, 1.54) is 11.3 Å². The van der Waals surface area contributed by atoms with Crippen LogP contribution in [0.3, 0.4) is 0 Å². The Bertz CT molecular complexity index is 1740. The number of carbonyl (C=O) groups excluding carboxylic acids is 2. The van der Waals surface area contributed by atoms with Gasteiger partial charge in [-0.25, -0.2) is 9.78 Å². The van der Waals surface area contributed by atoms with Crippen LogP contribution >= 0.6 is 11.3 Å². The molecule has 0 spiro atoms. The zero-order valence-electron chi connectivity index (χ0n) is 25.3. The van der Waals surface area contributed by atoms with Crippen molar-refractivity contribution < 1.29 is 14.3 Å². The summed E-state index contributed by atoms with van der Waals surface area (Å²) >= 11 is 1.40. The smallest absolute Gasteiger partial charge is 0.410 e. The molecule has 2 amide bonds. The number of nitrogens with one attached hydrogen (secondary N) is 1. The number of hydrogen-bond acceptors (Lipinski definition) is 9. The SMILES string of the molecule is CN1CCCN(c2ncc3c(=O)c(C(=O)NCC4CCCCN4C(=O)OC(C)(C)C)c4sc5ccccc5n4c3n2)CC1. The summed E-state index contributed by atoms with van der Waals surface area (Å²) in [6, 6.07) is 7.64. The van der Waals surface area contributed by atoms with E-state index in [9.17, 15) is 14.4 Å². The topological polar surface area (TPSA) is 112 Å². The number of thiazole rings is 1. The van der Waals surface area contributed by atoms with Gasteiger partial charge in [-0.1, -0.05) is 12.1 Å². The molecule has 4 aromatic rings. The van der Waals surface area contributed by atoms with Crippen LogP contribution in [0.2, 0.25) is 0 Å². The molecule has 0 aliphatic carbocycles. The largest absolute Gasteiger partial charge is 0.444 e. The number of likely N-dealkylation sites (N-methyl/N-ethyl adjacent to an activating group) is 1. The minimum absolute atomic E-state index is 0.0704. The number of rotatable bonds is 4. The summed E-state index contributed by atoms with van der Waals surface area (Å²) in [5.74, 6) is 0.119. The summed E-state index contributed by atoms with van der Waals surface area (Å²) in [4.78, 5) is 56.9. The molecular formula is C31H39N7O4S. The third kappa shape index (κ3) is 5.90. The fourth-order valence-electron chi connectivity index (χ4n) is 5.96. The standard InChI is InChI=1S/C31H39N7O4S/c1-31(2,3)42-30(41)37-15-8-7-10-20(37)18-32-27(40)24-25(39)21-19-33-29(36-14-9-13-35(4)16-17-36)34-26(21)38-22-11-5-6-12-23(22)43-28(24)38/h5-6,11-12,19-20H,7-10,13-18H2,1-4H3,(H,32,40). The van der Waals surface area contributed by atoms with Crippen molar-refractivity contribution in [2.24, 2.45) is 0 Å².